The van der Waals surface area contributed by atoms with Crippen molar-refractivity contribution < 1.29 is 4.79 Å². The van der Waals surface area contributed by atoms with Gasteiger partial charge in [0.15, 0.2) is 0 Å². The minimum absolute atomic E-state index is 0.130. The van der Waals surface area contributed by atoms with Gasteiger partial charge in [-0.05, 0) is 39.9 Å². The normalized spacial score (nSPS) is 17.8. The molecule has 0 spiro atoms. The quantitative estimate of drug-likeness (QED) is 0.812. The summed E-state index contributed by atoms with van der Waals surface area (Å²) in [4.78, 5) is 20.5. The fourth-order valence-electron chi connectivity index (χ4n) is 2.67. The van der Waals surface area contributed by atoms with E-state index in [2.05, 4.69) is 22.2 Å². The summed E-state index contributed by atoms with van der Waals surface area (Å²) in [5.41, 5.74) is 0.645. The van der Waals surface area contributed by atoms with Gasteiger partial charge in [0.2, 0.25) is 0 Å². The molecule has 1 aliphatic rings. The number of hydrogen-bond donors (Lipinski definition) is 1. The molecule has 128 valence electrons. The van der Waals surface area contributed by atoms with E-state index in [1.807, 2.05) is 14.0 Å². The van der Waals surface area contributed by atoms with Crippen molar-refractivity contribution in [2.75, 3.05) is 27.2 Å². The Kier molecular flexibility index (Phi) is 6.37. The van der Waals surface area contributed by atoms with Crippen LogP contribution in [0.25, 0.3) is 0 Å². The lowest BCUT2D eigenvalue weighted by Crippen LogP contribution is -2.48. The molecule has 0 radical (unpaired) electrons. The summed E-state index contributed by atoms with van der Waals surface area (Å²) in [6.45, 7) is 3.84. The summed E-state index contributed by atoms with van der Waals surface area (Å²) in [6, 6.07) is -0.194. The molecule has 23 heavy (non-hydrogen) atoms. The van der Waals surface area contributed by atoms with E-state index in [1.54, 1.807) is 4.90 Å². The number of likely N-dealkylation sites (tertiary alicyclic amines) is 1. The van der Waals surface area contributed by atoms with Gasteiger partial charge in [-0.2, -0.15) is 0 Å². The Morgan fingerprint density at radius 3 is 2.57 bits per heavy atom. The van der Waals surface area contributed by atoms with Crippen molar-refractivity contribution in [3.05, 3.63) is 27.0 Å². The highest BCUT2D eigenvalue weighted by Crippen LogP contribution is 2.33. The summed E-state index contributed by atoms with van der Waals surface area (Å²) in [5.74, 6) is 0. The van der Waals surface area contributed by atoms with E-state index < -0.39 is 0 Å². The number of urea groups is 1. The maximum Gasteiger partial charge on any atom is 0.317 e. The van der Waals surface area contributed by atoms with Crippen LogP contribution in [0.5, 0.6) is 0 Å². The van der Waals surface area contributed by atoms with Crippen molar-refractivity contribution >= 4 is 40.8 Å². The molecule has 1 unspecified atom stereocenters. The smallest absolute Gasteiger partial charge is 0.317 e. The van der Waals surface area contributed by atoms with Crippen LogP contribution in [-0.2, 0) is 0 Å². The number of nitrogens with one attached hydrogen (secondary N) is 1. The van der Waals surface area contributed by atoms with Gasteiger partial charge in [0.1, 0.15) is 5.15 Å². The molecule has 1 saturated heterocycles. The Hall–Kier alpha value is -0.750. The lowest BCUT2D eigenvalue weighted by Gasteiger charge is -2.35. The zero-order valence-electron chi connectivity index (χ0n) is 13.4. The van der Waals surface area contributed by atoms with Crippen LogP contribution < -0.4 is 5.32 Å². The molecule has 1 N–H and O–H groups in total. The fraction of sp³-hybridized carbons (Fsp3) is 0.600. The average molecular weight is 380 g/mol. The number of amides is 2. The molecule has 0 aromatic carbocycles. The van der Waals surface area contributed by atoms with Gasteiger partial charge >= 0.3 is 6.03 Å². The minimum Gasteiger partial charge on any atom is -0.331 e. The van der Waals surface area contributed by atoms with Gasteiger partial charge in [-0.3, -0.25) is 0 Å². The predicted octanol–water partition coefficient (Wildman–Crippen LogP) is 3.84. The van der Waals surface area contributed by atoms with Crippen molar-refractivity contribution in [3.8, 4) is 0 Å². The zero-order valence-corrected chi connectivity index (χ0v) is 15.7. The third-order valence-corrected chi connectivity index (χ3v) is 5.56. The van der Waals surface area contributed by atoms with Crippen LogP contribution in [0.15, 0.2) is 6.20 Å². The molecule has 0 saturated carbocycles. The van der Waals surface area contributed by atoms with Crippen LogP contribution in [0, 0.1) is 0 Å². The maximum atomic E-state index is 12.4. The van der Waals surface area contributed by atoms with Crippen LogP contribution in [0.4, 0.5) is 4.79 Å². The highest BCUT2D eigenvalue weighted by molar-refractivity contribution is 6.47. The summed E-state index contributed by atoms with van der Waals surface area (Å²) in [5, 5.41) is 3.62. The number of hydrogen-bond acceptors (Lipinski definition) is 3. The SMILES string of the molecule is CC(NC(=O)N(C)C1CCN(C)CC1)c1cnc(Cl)c(Cl)c1Cl. The highest BCUT2D eigenvalue weighted by Gasteiger charge is 2.25. The number of piperidine rings is 1. The molecule has 1 aliphatic heterocycles. The lowest BCUT2D eigenvalue weighted by molar-refractivity contribution is 0.146. The molecule has 1 atom stereocenters. The summed E-state index contributed by atoms with van der Waals surface area (Å²) < 4.78 is 0. The van der Waals surface area contributed by atoms with Gasteiger partial charge in [0.05, 0.1) is 16.1 Å². The van der Waals surface area contributed by atoms with Gasteiger partial charge in [0, 0.05) is 24.8 Å². The molecule has 1 fully saturated rings. The van der Waals surface area contributed by atoms with Crippen LogP contribution >= 0.6 is 34.8 Å². The Bertz CT molecular complexity index is 576. The Morgan fingerprint density at radius 2 is 1.96 bits per heavy atom. The van der Waals surface area contributed by atoms with Gasteiger partial charge in [-0.25, -0.2) is 9.78 Å². The van der Waals surface area contributed by atoms with E-state index in [4.69, 9.17) is 34.8 Å². The van der Waals surface area contributed by atoms with Crippen molar-refractivity contribution in [1.29, 1.82) is 0 Å². The third kappa shape index (κ3) is 4.41. The monoisotopic (exact) mass is 378 g/mol. The van der Waals surface area contributed by atoms with Gasteiger partial charge in [-0.1, -0.05) is 34.8 Å². The number of carbonyl (C=O) groups is 1. The fourth-order valence-corrected chi connectivity index (χ4v) is 3.32. The van der Waals surface area contributed by atoms with E-state index in [-0.39, 0.29) is 28.3 Å². The van der Waals surface area contributed by atoms with E-state index in [0.717, 1.165) is 25.9 Å². The molecular weight excluding hydrogens is 359 g/mol. The Balaban J connectivity index is 2.01. The number of pyridine rings is 1. The average Bonchev–Trinajstić information content (AvgIpc) is 2.52. The van der Waals surface area contributed by atoms with Crippen molar-refractivity contribution in [2.45, 2.75) is 31.8 Å². The number of nitrogens with zero attached hydrogens (tertiary/aromatic N) is 3. The molecule has 2 amide bonds. The summed E-state index contributed by atoms with van der Waals surface area (Å²) in [7, 11) is 3.92. The molecule has 2 heterocycles. The van der Waals surface area contributed by atoms with Crippen molar-refractivity contribution in [3.63, 3.8) is 0 Å². The number of carbonyl (C=O) groups excluding carboxylic acids is 1. The minimum atomic E-state index is -0.314. The first kappa shape index (κ1) is 18.6. The zero-order chi connectivity index (χ0) is 17.1. The van der Waals surface area contributed by atoms with Crippen LogP contribution in [0.3, 0.4) is 0 Å². The molecule has 0 bridgehead atoms. The van der Waals surface area contributed by atoms with E-state index in [0.29, 0.717) is 10.6 Å². The lowest BCUT2D eigenvalue weighted by atomic mass is 10.0. The van der Waals surface area contributed by atoms with E-state index in [9.17, 15) is 4.79 Å². The molecule has 0 aliphatic carbocycles. The number of halogens is 3. The Morgan fingerprint density at radius 1 is 1.35 bits per heavy atom. The first-order valence-corrected chi connectivity index (χ1v) is 8.66. The van der Waals surface area contributed by atoms with E-state index in [1.165, 1.54) is 6.20 Å². The second-order valence-electron chi connectivity index (χ2n) is 5.95. The maximum absolute atomic E-state index is 12.4. The number of rotatable bonds is 3. The highest BCUT2D eigenvalue weighted by atomic mass is 35.5. The van der Waals surface area contributed by atoms with Crippen LogP contribution in [0.1, 0.15) is 31.4 Å². The van der Waals surface area contributed by atoms with Crippen LogP contribution in [-0.4, -0.2) is 54.0 Å². The van der Waals surface area contributed by atoms with Gasteiger partial charge in [0.25, 0.3) is 0 Å². The summed E-state index contributed by atoms with van der Waals surface area (Å²) >= 11 is 18.0. The van der Waals surface area contributed by atoms with E-state index >= 15 is 0 Å². The third-order valence-electron chi connectivity index (χ3n) is 4.31. The Labute approximate surface area is 151 Å². The predicted molar refractivity (Wildman–Crippen MR) is 94.5 cm³/mol. The number of aromatic nitrogens is 1. The van der Waals surface area contributed by atoms with Crippen LogP contribution in [0.2, 0.25) is 15.2 Å². The largest absolute Gasteiger partial charge is 0.331 e. The first-order valence-electron chi connectivity index (χ1n) is 7.52. The molecule has 1 aromatic rings. The second kappa shape index (κ2) is 7.88. The summed E-state index contributed by atoms with van der Waals surface area (Å²) in [6.07, 6.45) is 3.49. The topological polar surface area (TPSA) is 48.5 Å². The van der Waals surface area contributed by atoms with Gasteiger partial charge < -0.3 is 15.1 Å². The molecular formula is C15H21Cl3N4O. The molecule has 8 heteroatoms. The molecule has 5 nitrogen and oxygen atoms in total. The van der Waals surface area contributed by atoms with Crippen molar-refractivity contribution in [1.82, 2.24) is 20.1 Å². The first-order chi connectivity index (χ1) is 10.8. The van der Waals surface area contributed by atoms with Gasteiger partial charge in [-0.15, -0.1) is 0 Å². The molecule has 2 rings (SSSR count). The second-order valence-corrected chi connectivity index (χ2v) is 7.06. The standard InChI is InChI=1S/C15H21Cl3N4O/c1-9(11-8-19-14(18)13(17)12(11)16)20-15(23)22(3)10-4-6-21(2)7-5-10/h8-10H,4-7H2,1-3H3,(H,20,23). The van der Waals surface area contributed by atoms with Crippen molar-refractivity contribution in [2.24, 2.45) is 0 Å². The molecule has 1 aromatic heterocycles.